The van der Waals surface area contributed by atoms with Gasteiger partial charge in [-0.2, -0.15) is 5.10 Å². The molecule has 3 rings (SSSR count). The Morgan fingerprint density at radius 3 is 2.89 bits per heavy atom. The molecule has 0 saturated heterocycles. The predicted octanol–water partition coefficient (Wildman–Crippen LogP) is 2.35. The molecule has 5 heteroatoms. The van der Waals surface area contributed by atoms with Crippen molar-refractivity contribution in [2.75, 3.05) is 5.73 Å². The average molecular weight is 253 g/mol. The zero-order valence-corrected chi connectivity index (χ0v) is 10.7. The summed E-state index contributed by atoms with van der Waals surface area (Å²) in [5, 5.41) is 5.51. The third-order valence-electron chi connectivity index (χ3n) is 3.13. The minimum atomic E-state index is 0.534. The molecule has 0 spiro atoms. The fraction of sp³-hybridized carbons (Fsp3) is 0.214. The molecule has 0 fully saturated rings. The maximum absolute atomic E-state index is 5.97. The van der Waals surface area contributed by atoms with Crippen LogP contribution in [0.3, 0.4) is 0 Å². The van der Waals surface area contributed by atoms with Crippen molar-refractivity contribution >= 4 is 16.7 Å². The molecule has 2 heterocycles. The van der Waals surface area contributed by atoms with Gasteiger partial charge in [0.25, 0.3) is 0 Å². The van der Waals surface area contributed by atoms with Gasteiger partial charge < -0.3 is 5.73 Å². The van der Waals surface area contributed by atoms with Crippen LogP contribution in [0.2, 0.25) is 0 Å². The number of benzene rings is 1. The first-order valence-electron chi connectivity index (χ1n) is 6.33. The second-order valence-corrected chi connectivity index (χ2v) is 4.43. The largest absolute Gasteiger partial charge is 0.383 e. The summed E-state index contributed by atoms with van der Waals surface area (Å²) in [4.78, 5) is 8.43. The minimum absolute atomic E-state index is 0.534. The Kier molecular flexibility index (Phi) is 2.87. The Labute approximate surface area is 111 Å². The lowest BCUT2D eigenvalue weighted by molar-refractivity contribution is 0.819. The summed E-state index contributed by atoms with van der Waals surface area (Å²) < 4.78 is 1.83. The quantitative estimate of drug-likeness (QED) is 0.777. The van der Waals surface area contributed by atoms with Gasteiger partial charge >= 0.3 is 0 Å². The molecule has 2 N–H and O–H groups in total. The van der Waals surface area contributed by atoms with Crippen LogP contribution in [0, 0.1) is 0 Å². The third-order valence-corrected chi connectivity index (χ3v) is 3.13. The van der Waals surface area contributed by atoms with Crippen molar-refractivity contribution < 1.29 is 0 Å². The predicted molar refractivity (Wildman–Crippen MR) is 75.1 cm³/mol. The van der Waals surface area contributed by atoms with Gasteiger partial charge in [-0.3, -0.25) is 0 Å². The number of nitrogens with zero attached hydrogens (tertiary/aromatic N) is 4. The summed E-state index contributed by atoms with van der Waals surface area (Å²) in [5.74, 6) is 1.31. The summed E-state index contributed by atoms with van der Waals surface area (Å²) in [6, 6.07) is 8.04. The highest BCUT2D eigenvalue weighted by Gasteiger charge is 2.13. The van der Waals surface area contributed by atoms with Crippen LogP contribution in [0.1, 0.15) is 18.9 Å². The van der Waals surface area contributed by atoms with E-state index in [1.54, 1.807) is 0 Å². The van der Waals surface area contributed by atoms with Gasteiger partial charge in [-0.05, 0) is 12.5 Å². The Morgan fingerprint density at radius 2 is 2.05 bits per heavy atom. The monoisotopic (exact) mass is 253 g/mol. The van der Waals surface area contributed by atoms with Crippen molar-refractivity contribution in [3.05, 3.63) is 42.4 Å². The van der Waals surface area contributed by atoms with E-state index in [4.69, 9.17) is 5.73 Å². The van der Waals surface area contributed by atoms with Crippen molar-refractivity contribution in [1.29, 1.82) is 0 Å². The highest BCUT2D eigenvalue weighted by Crippen LogP contribution is 2.22. The molecule has 0 bridgehead atoms. The molecule has 0 unspecified atom stereocenters. The summed E-state index contributed by atoms with van der Waals surface area (Å²) in [6.07, 6.45) is 5.16. The number of aromatic nitrogens is 4. The molecule has 2 aromatic heterocycles. The van der Waals surface area contributed by atoms with Crippen LogP contribution < -0.4 is 5.73 Å². The van der Waals surface area contributed by atoms with Crippen molar-refractivity contribution in [1.82, 2.24) is 19.7 Å². The molecule has 0 aliphatic carbocycles. The lowest BCUT2D eigenvalue weighted by Gasteiger charge is -2.10. The molecule has 0 amide bonds. The molecule has 0 aliphatic heterocycles. The summed E-state index contributed by atoms with van der Waals surface area (Å²) in [6.45, 7) is 2.11. The third kappa shape index (κ3) is 1.93. The van der Waals surface area contributed by atoms with E-state index in [1.807, 2.05) is 35.1 Å². The van der Waals surface area contributed by atoms with Gasteiger partial charge in [0.1, 0.15) is 12.1 Å². The smallest absolute Gasteiger partial charge is 0.162 e. The van der Waals surface area contributed by atoms with E-state index in [2.05, 4.69) is 22.0 Å². The molecule has 0 aliphatic rings. The first kappa shape index (κ1) is 11.6. The maximum Gasteiger partial charge on any atom is 0.162 e. The lowest BCUT2D eigenvalue weighted by atomic mass is 10.1. The fourth-order valence-corrected chi connectivity index (χ4v) is 2.23. The van der Waals surface area contributed by atoms with Crippen molar-refractivity contribution in [3.8, 4) is 5.82 Å². The number of anilines is 1. The molecule has 0 saturated carbocycles. The van der Waals surface area contributed by atoms with Gasteiger partial charge in [0.05, 0.1) is 11.7 Å². The molecular weight excluding hydrogens is 238 g/mol. The van der Waals surface area contributed by atoms with E-state index in [0.29, 0.717) is 5.82 Å². The Morgan fingerprint density at radius 1 is 1.21 bits per heavy atom. The molecule has 5 nitrogen and oxygen atoms in total. The number of hydrogen-bond donors (Lipinski definition) is 1. The molecule has 19 heavy (non-hydrogen) atoms. The van der Waals surface area contributed by atoms with Crippen LogP contribution in [0.25, 0.3) is 16.7 Å². The van der Waals surface area contributed by atoms with Crippen LogP contribution in [0.5, 0.6) is 0 Å². The zero-order chi connectivity index (χ0) is 13.2. The van der Waals surface area contributed by atoms with Gasteiger partial charge in [0, 0.05) is 10.9 Å². The topological polar surface area (TPSA) is 69.6 Å². The fourth-order valence-electron chi connectivity index (χ4n) is 2.23. The molecule has 1 aromatic carbocycles. The van der Waals surface area contributed by atoms with Gasteiger partial charge in [0.15, 0.2) is 5.82 Å². The number of para-hydroxylation sites is 1. The van der Waals surface area contributed by atoms with E-state index < -0.39 is 0 Å². The van der Waals surface area contributed by atoms with Gasteiger partial charge in [0.2, 0.25) is 0 Å². The van der Waals surface area contributed by atoms with Gasteiger partial charge in [-0.25, -0.2) is 14.6 Å². The Balaban J connectivity index is 2.24. The molecule has 96 valence electrons. The van der Waals surface area contributed by atoms with Crippen LogP contribution in [0.15, 0.2) is 36.8 Å². The molecule has 0 atom stereocenters. The zero-order valence-electron chi connectivity index (χ0n) is 10.7. The summed E-state index contributed by atoms with van der Waals surface area (Å²) >= 11 is 0. The Bertz CT molecular complexity index is 717. The summed E-state index contributed by atoms with van der Waals surface area (Å²) in [5.41, 5.74) is 7.95. The number of hydrogen-bond acceptors (Lipinski definition) is 4. The van der Waals surface area contributed by atoms with Crippen molar-refractivity contribution in [3.63, 3.8) is 0 Å². The maximum atomic E-state index is 5.97. The van der Waals surface area contributed by atoms with Crippen molar-refractivity contribution in [2.45, 2.75) is 19.8 Å². The van der Waals surface area contributed by atoms with E-state index in [1.165, 1.54) is 6.33 Å². The second kappa shape index (κ2) is 4.68. The molecular formula is C14H15N5. The first-order valence-corrected chi connectivity index (χ1v) is 6.33. The highest BCUT2D eigenvalue weighted by atomic mass is 15.3. The van der Waals surface area contributed by atoms with E-state index >= 15 is 0 Å². The molecule has 3 aromatic rings. The van der Waals surface area contributed by atoms with Crippen LogP contribution >= 0.6 is 0 Å². The average Bonchev–Trinajstić information content (AvgIpc) is 2.85. The number of nitrogens with two attached hydrogens (primary N) is 1. The van der Waals surface area contributed by atoms with Crippen LogP contribution in [-0.2, 0) is 6.42 Å². The normalized spacial score (nSPS) is 11.0. The SMILES string of the molecule is CCCc1c(N)ncnc1-n1ncc2ccccc21. The van der Waals surface area contributed by atoms with Crippen LogP contribution in [0.4, 0.5) is 5.82 Å². The van der Waals surface area contributed by atoms with Gasteiger partial charge in [-0.15, -0.1) is 0 Å². The lowest BCUT2D eigenvalue weighted by Crippen LogP contribution is -2.08. The standard InChI is InChI=1S/C14H15N5/c1-2-5-11-13(15)16-9-17-14(11)19-12-7-4-3-6-10(12)8-18-19/h3-4,6-9H,2,5H2,1H3,(H2,15,16,17). The number of fused-ring (bicyclic) bond motifs is 1. The van der Waals surface area contributed by atoms with E-state index in [9.17, 15) is 0 Å². The number of rotatable bonds is 3. The Hall–Kier alpha value is -2.43. The van der Waals surface area contributed by atoms with Crippen molar-refractivity contribution in [2.24, 2.45) is 0 Å². The molecule has 0 radical (unpaired) electrons. The van der Waals surface area contributed by atoms with Gasteiger partial charge in [-0.1, -0.05) is 31.5 Å². The minimum Gasteiger partial charge on any atom is -0.383 e. The van der Waals surface area contributed by atoms with Crippen LogP contribution in [-0.4, -0.2) is 19.7 Å². The summed E-state index contributed by atoms with van der Waals surface area (Å²) in [7, 11) is 0. The number of nitrogen functional groups attached to an aromatic ring is 1. The van der Waals surface area contributed by atoms with E-state index in [0.717, 1.165) is 35.1 Å². The first-order chi connectivity index (χ1) is 9.31. The van der Waals surface area contributed by atoms with E-state index in [-0.39, 0.29) is 0 Å². The second-order valence-electron chi connectivity index (χ2n) is 4.43. The highest BCUT2D eigenvalue weighted by molar-refractivity contribution is 5.80.